The molecule has 0 aliphatic carbocycles. The first-order valence-electron chi connectivity index (χ1n) is 7.03. The summed E-state index contributed by atoms with van der Waals surface area (Å²) in [6, 6.07) is 8.70. The fraction of sp³-hybridized carbons (Fsp3) is 0.125. The molecule has 7 nitrogen and oxygen atoms in total. The lowest BCUT2D eigenvalue weighted by Crippen LogP contribution is -2.47. The highest BCUT2D eigenvalue weighted by Gasteiger charge is 2.25. The van der Waals surface area contributed by atoms with Gasteiger partial charge in [0.1, 0.15) is 11.1 Å². The number of carbonyl (C=O) groups excluding carboxylic acids is 2. The summed E-state index contributed by atoms with van der Waals surface area (Å²) in [4.78, 5) is 24.2. The fourth-order valence-electron chi connectivity index (χ4n) is 2.14. The van der Waals surface area contributed by atoms with E-state index in [-0.39, 0.29) is 17.0 Å². The molecule has 0 bridgehead atoms. The predicted molar refractivity (Wildman–Crippen MR) is 91.1 cm³/mol. The molecule has 0 saturated carbocycles. The van der Waals surface area contributed by atoms with Crippen LogP contribution in [0.4, 0.5) is 0 Å². The fourth-order valence-corrected chi connectivity index (χ4v) is 2.60. The third kappa shape index (κ3) is 4.33. The molecule has 2 aromatic carbocycles. The van der Waals surface area contributed by atoms with E-state index in [2.05, 4.69) is 5.32 Å². The summed E-state index contributed by atoms with van der Waals surface area (Å²) in [5.41, 5.74) is 1.90. The minimum absolute atomic E-state index is 0.0965. The number of hydroxylamine groups is 1. The quantitative estimate of drug-likeness (QED) is 0.400. The van der Waals surface area contributed by atoms with Crippen molar-refractivity contribution >= 4 is 35.0 Å². The summed E-state index contributed by atoms with van der Waals surface area (Å²) in [7, 11) is 0. The average Bonchev–Trinajstić information content (AvgIpc) is 2.62. The highest BCUT2D eigenvalue weighted by atomic mass is 35.5. The molecule has 25 heavy (non-hydrogen) atoms. The lowest BCUT2D eigenvalue weighted by molar-refractivity contribution is -0.131. The number of amides is 2. The van der Waals surface area contributed by atoms with Gasteiger partial charge in [0.2, 0.25) is 0 Å². The number of rotatable bonds is 5. The Morgan fingerprint density at radius 3 is 2.32 bits per heavy atom. The molecule has 5 N–H and O–H groups in total. The maximum atomic E-state index is 12.4. The van der Waals surface area contributed by atoms with Crippen LogP contribution in [-0.4, -0.2) is 33.3 Å². The van der Waals surface area contributed by atoms with Gasteiger partial charge in [0.05, 0.1) is 10.6 Å². The number of carbonyl (C=O) groups is 2. The minimum atomic E-state index is -1.12. The molecule has 0 unspecified atom stereocenters. The van der Waals surface area contributed by atoms with Gasteiger partial charge in [0.25, 0.3) is 11.8 Å². The Balaban J connectivity index is 2.27. The molecule has 0 aromatic heterocycles. The lowest BCUT2D eigenvalue weighted by atomic mass is 10.0. The van der Waals surface area contributed by atoms with E-state index in [1.807, 2.05) is 0 Å². The number of halogens is 2. The number of phenols is 2. The molecule has 0 saturated heterocycles. The van der Waals surface area contributed by atoms with Gasteiger partial charge in [-0.2, -0.15) is 0 Å². The first-order chi connectivity index (χ1) is 11.8. The summed E-state index contributed by atoms with van der Waals surface area (Å²) < 4.78 is 0. The zero-order valence-electron chi connectivity index (χ0n) is 12.7. The molecule has 0 fully saturated rings. The highest BCUT2D eigenvalue weighted by molar-refractivity contribution is 6.38. The van der Waals surface area contributed by atoms with Crippen molar-refractivity contribution in [2.45, 2.75) is 12.5 Å². The zero-order chi connectivity index (χ0) is 18.6. The van der Waals surface area contributed by atoms with Crippen molar-refractivity contribution in [2.75, 3.05) is 0 Å². The van der Waals surface area contributed by atoms with Crippen molar-refractivity contribution in [3.05, 3.63) is 57.6 Å². The molecule has 2 aromatic rings. The Hall–Kier alpha value is -2.48. The van der Waals surface area contributed by atoms with Crippen molar-refractivity contribution < 1.29 is 25.0 Å². The second kappa shape index (κ2) is 8.06. The first kappa shape index (κ1) is 18.9. The Bertz CT molecular complexity index is 799. The average molecular weight is 385 g/mol. The maximum absolute atomic E-state index is 12.4. The largest absolute Gasteiger partial charge is 0.505 e. The summed E-state index contributed by atoms with van der Waals surface area (Å²) in [5.74, 6) is -2.94. The van der Waals surface area contributed by atoms with Gasteiger partial charge < -0.3 is 15.5 Å². The number of benzene rings is 2. The van der Waals surface area contributed by atoms with Gasteiger partial charge in [-0.3, -0.25) is 14.8 Å². The first-order valence-corrected chi connectivity index (χ1v) is 7.79. The van der Waals surface area contributed by atoms with Crippen molar-refractivity contribution in [2.24, 2.45) is 0 Å². The van der Waals surface area contributed by atoms with E-state index >= 15 is 0 Å². The van der Waals surface area contributed by atoms with Gasteiger partial charge in [-0.25, -0.2) is 5.48 Å². The van der Waals surface area contributed by atoms with E-state index in [4.69, 9.17) is 28.4 Å². The van der Waals surface area contributed by atoms with Gasteiger partial charge >= 0.3 is 0 Å². The molecule has 2 rings (SSSR count). The van der Waals surface area contributed by atoms with Gasteiger partial charge in [0, 0.05) is 6.42 Å². The van der Waals surface area contributed by atoms with Gasteiger partial charge in [0.15, 0.2) is 11.5 Å². The standard InChI is InChI=1S/C16H14Cl2N2O5/c17-10-7-9(13(21)12(18)14(10)22)15(23)19-11(16(24)20-25)6-8-4-2-1-3-5-8/h1-5,7,11,21-22,25H,6H2,(H,19,23)(H,20,24)/t11-/m0/s1. The van der Waals surface area contributed by atoms with Crippen molar-refractivity contribution in [1.29, 1.82) is 0 Å². The molecule has 132 valence electrons. The second-order valence-corrected chi connectivity index (χ2v) is 5.89. The van der Waals surface area contributed by atoms with Crippen LogP contribution in [0.3, 0.4) is 0 Å². The number of nitrogens with one attached hydrogen (secondary N) is 2. The summed E-state index contributed by atoms with van der Waals surface area (Å²) in [6.07, 6.45) is 0.0965. The van der Waals surface area contributed by atoms with Crippen LogP contribution < -0.4 is 10.8 Å². The van der Waals surface area contributed by atoms with E-state index in [1.54, 1.807) is 30.3 Å². The number of phenolic OH excluding ortho intramolecular Hbond substituents is 2. The van der Waals surface area contributed by atoms with E-state index in [0.29, 0.717) is 0 Å². The Labute approximate surface area is 152 Å². The maximum Gasteiger partial charge on any atom is 0.266 e. The SMILES string of the molecule is O=C(N[C@@H](Cc1ccccc1)C(=O)NO)c1cc(Cl)c(O)c(Cl)c1O. The zero-order valence-corrected chi connectivity index (χ0v) is 14.2. The molecule has 1 atom stereocenters. The second-order valence-electron chi connectivity index (χ2n) is 5.11. The summed E-state index contributed by atoms with van der Waals surface area (Å²) in [6.45, 7) is 0. The molecule has 2 amide bonds. The molecule has 0 spiro atoms. The molecule has 0 aliphatic heterocycles. The number of hydrogen-bond acceptors (Lipinski definition) is 5. The topological polar surface area (TPSA) is 119 Å². The lowest BCUT2D eigenvalue weighted by Gasteiger charge is -2.18. The normalized spacial score (nSPS) is 11.6. The van der Waals surface area contributed by atoms with Crippen molar-refractivity contribution in [1.82, 2.24) is 10.8 Å². The van der Waals surface area contributed by atoms with Crippen LogP contribution in [0.1, 0.15) is 15.9 Å². The third-order valence-electron chi connectivity index (χ3n) is 3.43. The smallest absolute Gasteiger partial charge is 0.266 e. The Morgan fingerprint density at radius 2 is 1.72 bits per heavy atom. The van der Waals surface area contributed by atoms with Crippen LogP contribution in [0.2, 0.25) is 10.0 Å². The molecule has 0 aliphatic rings. The monoisotopic (exact) mass is 384 g/mol. The number of aromatic hydroxyl groups is 2. The molecule has 9 heteroatoms. The van der Waals surface area contributed by atoms with Crippen LogP contribution in [0, 0.1) is 0 Å². The van der Waals surface area contributed by atoms with E-state index in [0.717, 1.165) is 11.6 Å². The van der Waals surface area contributed by atoms with Crippen LogP contribution >= 0.6 is 23.2 Å². The van der Waals surface area contributed by atoms with Gasteiger partial charge in [-0.15, -0.1) is 0 Å². The van der Waals surface area contributed by atoms with Gasteiger partial charge in [-0.1, -0.05) is 53.5 Å². The molecular weight excluding hydrogens is 371 g/mol. The molecular formula is C16H14Cl2N2O5. The van der Waals surface area contributed by atoms with E-state index in [1.165, 1.54) is 5.48 Å². The highest BCUT2D eigenvalue weighted by Crippen LogP contribution is 2.40. The van der Waals surface area contributed by atoms with Crippen LogP contribution in [0.25, 0.3) is 0 Å². The van der Waals surface area contributed by atoms with Crippen LogP contribution in [0.15, 0.2) is 36.4 Å². The summed E-state index contributed by atoms with van der Waals surface area (Å²) >= 11 is 11.5. The van der Waals surface area contributed by atoms with Crippen molar-refractivity contribution in [3.63, 3.8) is 0 Å². The Morgan fingerprint density at radius 1 is 1.08 bits per heavy atom. The van der Waals surface area contributed by atoms with E-state index < -0.39 is 34.4 Å². The molecule has 0 heterocycles. The predicted octanol–water partition coefficient (Wildman–Crippen LogP) is 2.25. The van der Waals surface area contributed by atoms with Crippen LogP contribution in [-0.2, 0) is 11.2 Å². The van der Waals surface area contributed by atoms with E-state index in [9.17, 15) is 19.8 Å². The summed E-state index contributed by atoms with van der Waals surface area (Å²) in [5, 5.41) is 30.0. The Kier molecular flexibility index (Phi) is 6.08. The minimum Gasteiger partial charge on any atom is -0.505 e. The van der Waals surface area contributed by atoms with Crippen LogP contribution in [0.5, 0.6) is 11.5 Å². The third-order valence-corrected chi connectivity index (χ3v) is 4.07. The van der Waals surface area contributed by atoms with Crippen molar-refractivity contribution in [3.8, 4) is 11.5 Å². The van der Waals surface area contributed by atoms with Gasteiger partial charge in [-0.05, 0) is 11.6 Å². The molecule has 0 radical (unpaired) electrons. The number of hydrogen-bond donors (Lipinski definition) is 5.